The molecule has 0 bridgehead atoms. The maximum Gasteiger partial charge on any atom is 0.243 e. The third kappa shape index (κ3) is 4.31. The summed E-state index contributed by atoms with van der Waals surface area (Å²) in [5.41, 5.74) is 1.09. The largest absolute Gasteiger partial charge is 0.508 e. The molecule has 3 nitrogen and oxygen atoms in total. The highest BCUT2D eigenvalue weighted by Gasteiger charge is 1.95. The fraction of sp³-hybridized carbons (Fsp3) is 0.250. The zero-order valence-corrected chi connectivity index (χ0v) is 8.73. The van der Waals surface area contributed by atoms with Crippen LogP contribution in [0, 0.1) is 0 Å². The van der Waals surface area contributed by atoms with E-state index in [1.807, 2.05) is 12.1 Å². The van der Waals surface area contributed by atoms with Crippen LogP contribution in [0.1, 0.15) is 12.5 Å². The van der Waals surface area contributed by atoms with Crippen LogP contribution in [0.2, 0.25) is 0 Å². The van der Waals surface area contributed by atoms with Crippen molar-refractivity contribution >= 4 is 5.91 Å². The maximum absolute atomic E-state index is 11.0. The second-order valence-electron chi connectivity index (χ2n) is 3.21. The Kier molecular flexibility index (Phi) is 4.41. The summed E-state index contributed by atoms with van der Waals surface area (Å²) in [7, 11) is 0. The molecule has 0 unspecified atom stereocenters. The normalized spacial score (nSPS) is 10.5. The minimum Gasteiger partial charge on any atom is -0.508 e. The van der Waals surface area contributed by atoms with Crippen LogP contribution in [0.15, 0.2) is 36.4 Å². The Bertz CT molecular complexity index is 341. The van der Waals surface area contributed by atoms with E-state index in [1.54, 1.807) is 25.1 Å². The molecule has 0 aliphatic carbocycles. The first-order valence-electron chi connectivity index (χ1n) is 4.91. The Hall–Kier alpha value is -1.77. The van der Waals surface area contributed by atoms with E-state index >= 15 is 0 Å². The number of carbonyl (C=O) groups excluding carboxylic acids is 1. The lowest BCUT2D eigenvalue weighted by Gasteiger charge is -2.02. The monoisotopic (exact) mass is 205 g/mol. The molecule has 0 heterocycles. The Morgan fingerprint density at radius 1 is 1.40 bits per heavy atom. The van der Waals surface area contributed by atoms with E-state index in [-0.39, 0.29) is 11.7 Å². The number of nitrogens with one attached hydrogen (secondary N) is 1. The summed E-state index contributed by atoms with van der Waals surface area (Å²) in [5.74, 6) is 0.188. The van der Waals surface area contributed by atoms with Crippen LogP contribution in [0.3, 0.4) is 0 Å². The van der Waals surface area contributed by atoms with Crippen molar-refractivity contribution in [3.05, 3.63) is 42.0 Å². The predicted molar refractivity (Wildman–Crippen MR) is 59.6 cm³/mol. The Morgan fingerprint density at radius 3 is 2.67 bits per heavy atom. The number of phenolic OH excluding ortho intramolecular Hbond substituents is 1. The summed E-state index contributed by atoms with van der Waals surface area (Å²) in [6.45, 7) is 2.41. The van der Waals surface area contributed by atoms with E-state index in [1.165, 1.54) is 6.08 Å². The fourth-order valence-corrected chi connectivity index (χ4v) is 1.20. The number of allylic oxidation sites excluding steroid dienone is 1. The van der Waals surface area contributed by atoms with Crippen molar-refractivity contribution in [1.29, 1.82) is 0 Å². The molecule has 15 heavy (non-hydrogen) atoms. The maximum atomic E-state index is 11.0. The summed E-state index contributed by atoms with van der Waals surface area (Å²) < 4.78 is 0. The number of benzene rings is 1. The van der Waals surface area contributed by atoms with Gasteiger partial charge < -0.3 is 10.4 Å². The van der Waals surface area contributed by atoms with Gasteiger partial charge in [-0.1, -0.05) is 18.2 Å². The van der Waals surface area contributed by atoms with Gasteiger partial charge in [0.05, 0.1) is 0 Å². The van der Waals surface area contributed by atoms with E-state index in [4.69, 9.17) is 5.11 Å². The molecule has 80 valence electrons. The summed E-state index contributed by atoms with van der Waals surface area (Å²) in [4.78, 5) is 11.0. The molecular formula is C12H15NO2. The second kappa shape index (κ2) is 5.86. The number of aromatic hydroxyl groups is 1. The average molecular weight is 205 g/mol. The second-order valence-corrected chi connectivity index (χ2v) is 3.21. The molecule has 0 fully saturated rings. The van der Waals surface area contributed by atoms with Gasteiger partial charge in [-0.3, -0.25) is 4.79 Å². The van der Waals surface area contributed by atoms with Gasteiger partial charge in [0.25, 0.3) is 0 Å². The van der Waals surface area contributed by atoms with Crippen molar-refractivity contribution in [3.63, 3.8) is 0 Å². The van der Waals surface area contributed by atoms with Crippen LogP contribution in [0.5, 0.6) is 5.75 Å². The van der Waals surface area contributed by atoms with Gasteiger partial charge in [0.1, 0.15) is 5.75 Å². The molecule has 1 amide bonds. The van der Waals surface area contributed by atoms with Gasteiger partial charge in [0.15, 0.2) is 0 Å². The van der Waals surface area contributed by atoms with Crippen molar-refractivity contribution in [2.75, 3.05) is 6.54 Å². The summed E-state index contributed by atoms with van der Waals surface area (Å²) in [6.07, 6.45) is 3.97. The first-order chi connectivity index (χ1) is 7.22. The topological polar surface area (TPSA) is 49.3 Å². The van der Waals surface area contributed by atoms with Crippen molar-refractivity contribution in [1.82, 2.24) is 5.32 Å². The quantitative estimate of drug-likeness (QED) is 0.734. The van der Waals surface area contributed by atoms with E-state index in [2.05, 4.69) is 5.32 Å². The first kappa shape index (κ1) is 11.3. The van der Waals surface area contributed by atoms with Crippen LogP contribution in [-0.2, 0) is 11.2 Å². The highest BCUT2D eigenvalue weighted by Crippen LogP contribution is 2.09. The molecule has 0 atom stereocenters. The van der Waals surface area contributed by atoms with Crippen molar-refractivity contribution in [2.45, 2.75) is 13.3 Å². The fourth-order valence-electron chi connectivity index (χ4n) is 1.20. The Balaban J connectivity index is 2.32. The Morgan fingerprint density at radius 2 is 2.07 bits per heavy atom. The number of hydrogen-bond donors (Lipinski definition) is 2. The van der Waals surface area contributed by atoms with Crippen LogP contribution in [0.4, 0.5) is 0 Å². The molecule has 1 aromatic carbocycles. The lowest BCUT2D eigenvalue weighted by molar-refractivity contribution is -0.116. The lowest BCUT2D eigenvalue weighted by Crippen LogP contribution is -2.23. The molecule has 0 aliphatic rings. The zero-order chi connectivity index (χ0) is 11.1. The molecule has 1 rings (SSSR count). The summed E-state index contributed by atoms with van der Waals surface area (Å²) >= 11 is 0. The standard InChI is InChI=1S/C12H15NO2/c1-2-3-12(15)13-9-8-10-4-6-11(14)7-5-10/h2-7,14H,8-9H2,1H3,(H,13,15). The highest BCUT2D eigenvalue weighted by molar-refractivity contribution is 5.87. The molecule has 0 aliphatic heterocycles. The van der Waals surface area contributed by atoms with Gasteiger partial charge in [-0.2, -0.15) is 0 Å². The minimum absolute atomic E-state index is 0.0729. The van der Waals surface area contributed by atoms with Crippen LogP contribution >= 0.6 is 0 Å². The SMILES string of the molecule is CC=CC(=O)NCCc1ccc(O)cc1. The van der Waals surface area contributed by atoms with E-state index in [0.29, 0.717) is 6.54 Å². The van der Waals surface area contributed by atoms with Crippen LogP contribution in [-0.4, -0.2) is 17.6 Å². The van der Waals surface area contributed by atoms with E-state index in [9.17, 15) is 4.79 Å². The molecule has 0 spiro atoms. The Labute approximate surface area is 89.4 Å². The summed E-state index contributed by atoms with van der Waals surface area (Å²) in [5, 5.41) is 11.8. The van der Waals surface area contributed by atoms with Gasteiger partial charge in [0, 0.05) is 6.54 Å². The first-order valence-corrected chi connectivity index (χ1v) is 4.91. The third-order valence-corrected chi connectivity index (χ3v) is 1.97. The molecule has 1 aromatic rings. The molecular weight excluding hydrogens is 190 g/mol. The number of hydrogen-bond acceptors (Lipinski definition) is 2. The predicted octanol–water partition coefficient (Wildman–Crippen LogP) is 1.63. The molecule has 0 saturated carbocycles. The van der Waals surface area contributed by atoms with Gasteiger partial charge in [-0.25, -0.2) is 0 Å². The van der Waals surface area contributed by atoms with Crippen molar-refractivity contribution in [2.24, 2.45) is 0 Å². The third-order valence-electron chi connectivity index (χ3n) is 1.97. The number of carbonyl (C=O) groups is 1. The van der Waals surface area contributed by atoms with Gasteiger partial charge in [0.2, 0.25) is 5.91 Å². The van der Waals surface area contributed by atoms with Crippen molar-refractivity contribution < 1.29 is 9.90 Å². The molecule has 2 N–H and O–H groups in total. The smallest absolute Gasteiger partial charge is 0.243 e. The van der Waals surface area contributed by atoms with Gasteiger partial charge in [-0.15, -0.1) is 0 Å². The summed E-state index contributed by atoms with van der Waals surface area (Å²) in [6, 6.07) is 6.97. The van der Waals surface area contributed by atoms with E-state index < -0.39 is 0 Å². The van der Waals surface area contributed by atoms with Gasteiger partial charge >= 0.3 is 0 Å². The van der Waals surface area contributed by atoms with Crippen LogP contribution < -0.4 is 5.32 Å². The number of amides is 1. The average Bonchev–Trinajstić information content (AvgIpc) is 2.21. The molecule has 0 radical (unpaired) electrons. The molecule has 0 aromatic heterocycles. The van der Waals surface area contributed by atoms with E-state index in [0.717, 1.165) is 12.0 Å². The highest BCUT2D eigenvalue weighted by atomic mass is 16.3. The van der Waals surface area contributed by atoms with Crippen molar-refractivity contribution in [3.8, 4) is 5.75 Å². The molecule has 3 heteroatoms. The number of phenols is 1. The zero-order valence-electron chi connectivity index (χ0n) is 8.73. The number of rotatable bonds is 4. The lowest BCUT2D eigenvalue weighted by atomic mass is 10.1. The van der Waals surface area contributed by atoms with Gasteiger partial charge in [-0.05, 0) is 37.1 Å². The minimum atomic E-state index is -0.0729. The van der Waals surface area contributed by atoms with Crippen LogP contribution in [0.25, 0.3) is 0 Å². The molecule has 0 saturated heterocycles.